The van der Waals surface area contributed by atoms with Gasteiger partial charge in [-0.05, 0) is 95.2 Å². The lowest BCUT2D eigenvalue weighted by Crippen LogP contribution is -2.27. The number of likely N-dealkylation sites (tertiary alicyclic amines) is 1. The van der Waals surface area contributed by atoms with Crippen molar-refractivity contribution in [2.75, 3.05) is 42.6 Å². The maximum absolute atomic E-state index is 12.9. The summed E-state index contributed by atoms with van der Waals surface area (Å²) in [6, 6.07) is 13.7. The number of anilines is 4. The zero-order chi connectivity index (χ0) is 26.4. The van der Waals surface area contributed by atoms with Crippen molar-refractivity contribution in [3.63, 3.8) is 0 Å². The SMILES string of the molecule is CC(C)(C)OC(=O)Nc1ccc(C(=O)n2nc(Nc3ccc(OCCN4CCCC4)cc3)nc2N)cc1. The second-order valence-corrected chi connectivity index (χ2v) is 9.76. The molecule has 0 saturated carbocycles. The van der Waals surface area contributed by atoms with Crippen molar-refractivity contribution in [3.8, 4) is 5.75 Å². The average molecular weight is 508 g/mol. The number of nitrogens with one attached hydrogen (secondary N) is 2. The number of nitrogens with two attached hydrogens (primary N) is 1. The van der Waals surface area contributed by atoms with Crippen molar-refractivity contribution in [2.24, 2.45) is 0 Å². The Balaban J connectivity index is 1.32. The first-order valence-electron chi connectivity index (χ1n) is 12.3. The highest BCUT2D eigenvalue weighted by molar-refractivity contribution is 5.97. The van der Waals surface area contributed by atoms with Crippen LogP contribution in [0.5, 0.6) is 5.75 Å². The summed E-state index contributed by atoms with van der Waals surface area (Å²) in [5, 5.41) is 9.87. The first-order valence-corrected chi connectivity index (χ1v) is 12.3. The summed E-state index contributed by atoms with van der Waals surface area (Å²) in [5.74, 6) is 0.466. The molecule has 0 unspecified atom stereocenters. The van der Waals surface area contributed by atoms with Crippen molar-refractivity contribution < 1.29 is 19.1 Å². The van der Waals surface area contributed by atoms with Crippen LogP contribution < -0.4 is 21.1 Å². The fraction of sp³-hybridized carbons (Fsp3) is 0.385. The van der Waals surface area contributed by atoms with Gasteiger partial charge in [0.25, 0.3) is 5.91 Å². The molecular formula is C26H33N7O4. The molecule has 0 bridgehead atoms. The van der Waals surface area contributed by atoms with Gasteiger partial charge < -0.3 is 20.5 Å². The van der Waals surface area contributed by atoms with E-state index in [1.807, 2.05) is 24.3 Å². The van der Waals surface area contributed by atoms with E-state index in [1.165, 1.54) is 12.8 Å². The Bertz CT molecular complexity index is 1210. The number of benzene rings is 2. The van der Waals surface area contributed by atoms with Crippen LogP contribution in [0.2, 0.25) is 0 Å². The number of hydrogen-bond acceptors (Lipinski definition) is 9. The van der Waals surface area contributed by atoms with Crippen LogP contribution in [0.25, 0.3) is 0 Å². The van der Waals surface area contributed by atoms with Gasteiger partial charge in [-0.2, -0.15) is 9.67 Å². The maximum atomic E-state index is 12.9. The molecule has 1 fully saturated rings. The number of ether oxygens (including phenoxy) is 2. The van der Waals surface area contributed by atoms with Crippen molar-refractivity contribution in [3.05, 3.63) is 54.1 Å². The maximum Gasteiger partial charge on any atom is 0.412 e. The summed E-state index contributed by atoms with van der Waals surface area (Å²) in [5.41, 5.74) is 6.88. The third-order valence-electron chi connectivity index (χ3n) is 5.59. The molecule has 3 aromatic rings. The summed E-state index contributed by atoms with van der Waals surface area (Å²) in [7, 11) is 0. The van der Waals surface area contributed by atoms with E-state index in [4.69, 9.17) is 15.2 Å². The summed E-state index contributed by atoms with van der Waals surface area (Å²) in [4.78, 5) is 31.4. The fourth-order valence-corrected chi connectivity index (χ4v) is 3.83. The highest BCUT2D eigenvalue weighted by Gasteiger charge is 2.18. The van der Waals surface area contributed by atoms with Crippen molar-refractivity contribution >= 4 is 35.3 Å². The second-order valence-electron chi connectivity index (χ2n) is 9.76. The Hall–Kier alpha value is -4.12. The Kier molecular flexibility index (Phi) is 7.92. The molecule has 2 heterocycles. The third-order valence-corrected chi connectivity index (χ3v) is 5.59. The number of nitrogen functional groups attached to an aromatic ring is 1. The third kappa shape index (κ3) is 7.43. The lowest BCUT2D eigenvalue weighted by molar-refractivity contribution is 0.0635. The smallest absolute Gasteiger partial charge is 0.412 e. The Morgan fingerprint density at radius 2 is 1.65 bits per heavy atom. The summed E-state index contributed by atoms with van der Waals surface area (Å²) >= 11 is 0. The van der Waals surface area contributed by atoms with Gasteiger partial charge >= 0.3 is 6.09 Å². The molecule has 0 atom stereocenters. The number of hydrogen-bond donors (Lipinski definition) is 3. The van der Waals surface area contributed by atoms with Gasteiger partial charge in [0.05, 0.1) is 0 Å². The minimum atomic E-state index is -0.612. The minimum Gasteiger partial charge on any atom is -0.492 e. The van der Waals surface area contributed by atoms with Crippen LogP contribution >= 0.6 is 0 Å². The first-order chi connectivity index (χ1) is 17.7. The van der Waals surface area contributed by atoms with Gasteiger partial charge in [0, 0.05) is 23.5 Å². The van der Waals surface area contributed by atoms with Crippen LogP contribution in [0.4, 0.5) is 28.1 Å². The van der Waals surface area contributed by atoms with E-state index in [0.29, 0.717) is 17.9 Å². The highest BCUT2D eigenvalue weighted by Crippen LogP contribution is 2.20. The standard InChI is InChI=1S/C26H33N7O4/c1-26(2,3)37-25(35)29-20-8-6-18(7-9-20)22(34)33-23(27)30-24(31-33)28-19-10-12-21(13-11-19)36-17-16-32-14-4-5-15-32/h6-13H,4-5,14-17H2,1-3H3,(H,29,35)(H3,27,28,30,31). The van der Waals surface area contributed by atoms with E-state index in [1.54, 1.807) is 45.0 Å². The molecule has 4 N–H and O–H groups in total. The Labute approximate surface area is 215 Å². The zero-order valence-electron chi connectivity index (χ0n) is 21.4. The van der Waals surface area contributed by atoms with Gasteiger partial charge in [-0.25, -0.2) is 4.79 Å². The first kappa shape index (κ1) is 26.0. The van der Waals surface area contributed by atoms with Crippen LogP contribution in [0.3, 0.4) is 0 Å². The predicted octanol–water partition coefficient (Wildman–Crippen LogP) is 4.11. The van der Waals surface area contributed by atoms with E-state index in [0.717, 1.165) is 35.8 Å². The Morgan fingerprint density at radius 3 is 2.30 bits per heavy atom. The summed E-state index contributed by atoms with van der Waals surface area (Å²) < 4.78 is 12.1. The molecule has 11 heteroatoms. The van der Waals surface area contributed by atoms with Gasteiger partial charge in [0.15, 0.2) is 0 Å². The molecular weight excluding hydrogens is 474 g/mol. The molecule has 1 saturated heterocycles. The molecule has 1 aromatic heterocycles. The van der Waals surface area contributed by atoms with Crippen molar-refractivity contribution in [1.29, 1.82) is 0 Å². The molecule has 1 aliphatic heterocycles. The van der Waals surface area contributed by atoms with Crippen LogP contribution in [0.15, 0.2) is 48.5 Å². The lowest BCUT2D eigenvalue weighted by atomic mass is 10.2. The quantitative estimate of drug-likeness (QED) is 0.411. The van der Waals surface area contributed by atoms with E-state index in [9.17, 15) is 9.59 Å². The Morgan fingerprint density at radius 1 is 1.00 bits per heavy atom. The van der Waals surface area contributed by atoms with Crippen LogP contribution in [0, 0.1) is 0 Å². The molecule has 196 valence electrons. The van der Waals surface area contributed by atoms with Gasteiger partial charge in [-0.15, -0.1) is 5.10 Å². The van der Waals surface area contributed by atoms with Crippen LogP contribution in [-0.2, 0) is 4.74 Å². The largest absolute Gasteiger partial charge is 0.492 e. The normalized spacial score (nSPS) is 13.8. The molecule has 11 nitrogen and oxygen atoms in total. The molecule has 0 aliphatic carbocycles. The fourth-order valence-electron chi connectivity index (χ4n) is 3.83. The molecule has 0 spiro atoms. The molecule has 37 heavy (non-hydrogen) atoms. The van der Waals surface area contributed by atoms with E-state index < -0.39 is 17.6 Å². The number of carbonyl (C=O) groups is 2. The van der Waals surface area contributed by atoms with Gasteiger partial charge in [-0.1, -0.05) is 0 Å². The van der Waals surface area contributed by atoms with Crippen molar-refractivity contribution in [1.82, 2.24) is 19.7 Å². The molecule has 2 aromatic carbocycles. The molecule has 1 aliphatic rings. The van der Waals surface area contributed by atoms with Crippen LogP contribution in [-0.4, -0.2) is 63.5 Å². The van der Waals surface area contributed by atoms with Crippen molar-refractivity contribution in [2.45, 2.75) is 39.2 Å². The highest BCUT2D eigenvalue weighted by atomic mass is 16.6. The van der Waals surface area contributed by atoms with E-state index in [2.05, 4.69) is 25.6 Å². The van der Waals surface area contributed by atoms with Gasteiger partial charge in [0.1, 0.15) is 18.0 Å². The number of nitrogens with zero attached hydrogens (tertiary/aromatic N) is 4. The lowest BCUT2D eigenvalue weighted by Gasteiger charge is -2.19. The second kappa shape index (κ2) is 11.3. The zero-order valence-corrected chi connectivity index (χ0v) is 21.4. The predicted molar refractivity (Wildman–Crippen MR) is 141 cm³/mol. The number of carbonyl (C=O) groups excluding carboxylic acids is 2. The number of rotatable bonds is 8. The van der Waals surface area contributed by atoms with Crippen LogP contribution in [0.1, 0.15) is 44.0 Å². The summed E-state index contributed by atoms with van der Waals surface area (Å²) in [6.45, 7) is 9.21. The molecule has 1 amide bonds. The molecule has 0 radical (unpaired) electrons. The van der Waals surface area contributed by atoms with Gasteiger partial charge in [0.2, 0.25) is 11.9 Å². The number of amides is 1. The minimum absolute atomic E-state index is 0.0506. The average Bonchev–Trinajstić information content (AvgIpc) is 3.48. The van der Waals surface area contributed by atoms with E-state index >= 15 is 0 Å². The topological polar surface area (TPSA) is 137 Å². The monoisotopic (exact) mass is 507 g/mol. The number of aromatic nitrogens is 3. The molecule has 4 rings (SSSR count). The van der Waals surface area contributed by atoms with Gasteiger partial charge in [-0.3, -0.25) is 15.0 Å². The summed E-state index contributed by atoms with van der Waals surface area (Å²) in [6.07, 6.45) is 1.95. The van der Waals surface area contributed by atoms with E-state index in [-0.39, 0.29) is 11.9 Å².